The van der Waals surface area contributed by atoms with Crippen molar-refractivity contribution in [1.82, 2.24) is 0 Å². The summed E-state index contributed by atoms with van der Waals surface area (Å²) in [5.74, 6) is 0. The summed E-state index contributed by atoms with van der Waals surface area (Å²) < 4.78 is 32.2. The lowest BCUT2D eigenvalue weighted by atomic mass is 10.4. The van der Waals surface area contributed by atoms with Gasteiger partial charge in [-0.25, -0.2) is 0 Å². The van der Waals surface area contributed by atoms with Crippen molar-refractivity contribution in [3.8, 4) is 0 Å². The Balaban J connectivity index is 5.06. The van der Waals surface area contributed by atoms with E-state index in [0.717, 1.165) is 0 Å². The lowest BCUT2D eigenvalue weighted by Gasteiger charge is -2.08. The molecule has 0 fully saturated rings. The summed E-state index contributed by atoms with van der Waals surface area (Å²) in [5.41, 5.74) is -1.54. The van der Waals surface area contributed by atoms with Crippen molar-refractivity contribution in [3.05, 3.63) is 21.9 Å². The van der Waals surface area contributed by atoms with E-state index in [1.54, 1.807) is 0 Å². The van der Waals surface area contributed by atoms with E-state index >= 15 is 0 Å². The molecule has 76 valence electrons. The SMILES string of the molecule is O=[N+]([O-])/C(=C/C(F)(F)F)C(Cl)(Cl)Cl. The first-order valence-electron chi connectivity index (χ1n) is 2.55. The summed E-state index contributed by atoms with van der Waals surface area (Å²) in [6, 6.07) is 0. The molecule has 0 aliphatic rings. The highest BCUT2D eigenvalue weighted by Gasteiger charge is 2.41. The summed E-state index contributed by atoms with van der Waals surface area (Å²) in [6.45, 7) is 0. The fourth-order valence-corrected chi connectivity index (χ4v) is 0.764. The molecule has 0 atom stereocenters. The summed E-state index contributed by atoms with van der Waals surface area (Å²) in [7, 11) is 0. The molecule has 0 aromatic carbocycles. The minimum absolute atomic E-state index is 0.667. The predicted octanol–water partition coefficient (Wildman–Crippen LogP) is 3.08. The zero-order chi connectivity index (χ0) is 10.9. The third-order valence-electron chi connectivity index (χ3n) is 0.788. The van der Waals surface area contributed by atoms with Crippen molar-refractivity contribution < 1.29 is 18.1 Å². The Bertz CT molecular complexity index is 244. The van der Waals surface area contributed by atoms with Crippen molar-refractivity contribution in [2.75, 3.05) is 0 Å². The van der Waals surface area contributed by atoms with Crippen LogP contribution in [0.3, 0.4) is 0 Å². The Labute approximate surface area is 85.2 Å². The topological polar surface area (TPSA) is 43.1 Å². The minimum Gasteiger partial charge on any atom is -0.258 e. The average molecular weight is 258 g/mol. The zero-order valence-corrected chi connectivity index (χ0v) is 7.88. The molecule has 0 amide bonds. The lowest BCUT2D eigenvalue weighted by Crippen LogP contribution is -2.19. The third kappa shape index (κ3) is 5.17. The van der Waals surface area contributed by atoms with E-state index in [2.05, 4.69) is 0 Å². The maximum atomic E-state index is 11.6. The van der Waals surface area contributed by atoms with Crippen LogP contribution in [0.25, 0.3) is 0 Å². The number of hydrogen-bond donors (Lipinski definition) is 0. The fraction of sp³-hybridized carbons (Fsp3) is 0.500. The number of halogens is 6. The molecule has 0 saturated carbocycles. The Morgan fingerprint density at radius 1 is 1.31 bits per heavy atom. The highest BCUT2D eigenvalue weighted by Crippen LogP contribution is 2.37. The van der Waals surface area contributed by atoms with E-state index in [-0.39, 0.29) is 0 Å². The van der Waals surface area contributed by atoms with Gasteiger partial charge in [0.1, 0.15) is 0 Å². The number of hydrogen-bond acceptors (Lipinski definition) is 2. The van der Waals surface area contributed by atoms with Crippen LogP contribution in [0.4, 0.5) is 13.2 Å². The highest BCUT2D eigenvalue weighted by molar-refractivity contribution is 6.69. The first kappa shape index (κ1) is 12.8. The molecular formula is C4HCl3F3NO2. The highest BCUT2D eigenvalue weighted by atomic mass is 35.6. The minimum atomic E-state index is -4.90. The molecule has 0 heterocycles. The van der Waals surface area contributed by atoms with Gasteiger partial charge in [-0.15, -0.1) is 0 Å². The molecule has 3 nitrogen and oxygen atoms in total. The number of alkyl halides is 6. The van der Waals surface area contributed by atoms with E-state index in [1.165, 1.54) is 0 Å². The summed E-state index contributed by atoms with van der Waals surface area (Å²) in [5, 5.41) is 10.0. The van der Waals surface area contributed by atoms with E-state index in [9.17, 15) is 23.3 Å². The Morgan fingerprint density at radius 3 is 1.77 bits per heavy atom. The molecule has 0 aliphatic carbocycles. The largest absolute Gasteiger partial charge is 0.416 e. The predicted molar refractivity (Wildman–Crippen MR) is 41.4 cm³/mol. The summed E-state index contributed by atoms with van der Waals surface area (Å²) in [6.07, 6.45) is -5.56. The van der Waals surface area contributed by atoms with Gasteiger partial charge in [-0.2, -0.15) is 13.2 Å². The zero-order valence-electron chi connectivity index (χ0n) is 5.61. The van der Waals surface area contributed by atoms with Crippen LogP contribution in [-0.2, 0) is 0 Å². The first-order chi connectivity index (χ1) is 5.54. The van der Waals surface area contributed by atoms with Gasteiger partial charge in [0.25, 0.3) is 3.79 Å². The monoisotopic (exact) mass is 257 g/mol. The molecule has 0 unspecified atom stereocenters. The van der Waals surface area contributed by atoms with E-state index in [0.29, 0.717) is 0 Å². The second-order valence-electron chi connectivity index (χ2n) is 1.83. The number of allylic oxidation sites excluding steroid dienone is 2. The standard InChI is InChI=1S/C4HCl3F3NO2/c5-4(6,7)2(11(12)13)1-3(8,9)10/h1H/b2-1+. The molecule has 0 bridgehead atoms. The lowest BCUT2D eigenvalue weighted by molar-refractivity contribution is -0.428. The van der Waals surface area contributed by atoms with Gasteiger partial charge in [-0.1, -0.05) is 34.8 Å². The maximum Gasteiger partial charge on any atom is 0.416 e. The van der Waals surface area contributed by atoms with Gasteiger partial charge >= 0.3 is 11.9 Å². The molecule has 0 aliphatic heterocycles. The normalized spacial score (nSPS) is 14.5. The van der Waals surface area contributed by atoms with Crippen LogP contribution in [-0.4, -0.2) is 14.9 Å². The van der Waals surface area contributed by atoms with Crippen molar-refractivity contribution in [2.45, 2.75) is 9.97 Å². The van der Waals surface area contributed by atoms with Crippen LogP contribution < -0.4 is 0 Å². The number of nitrogens with zero attached hydrogens (tertiary/aromatic N) is 1. The van der Waals surface area contributed by atoms with Gasteiger partial charge in [0.05, 0.1) is 11.0 Å². The summed E-state index contributed by atoms with van der Waals surface area (Å²) in [4.78, 5) is 8.61. The first-order valence-corrected chi connectivity index (χ1v) is 3.68. The van der Waals surface area contributed by atoms with Crippen LogP contribution in [0.2, 0.25) is 0 Å². The summed E-state index contributed by atoms with van der Waals surface area (Å²) >= 11 is 14.8. The molecule has 0 saturated heterocycles. The third-order valence-corrected chi connectivity index (χ3v) is 1.37. The van der Waals surface area contributed by atoms with Crippen LogP contribution in [0.1, 0.15) is 0 Å². The molecule has 0 spiro atoms. The van der Waals surface area contributed by atoms with E-state index in [1.807, 2.05) is 0 Å². The average Bonchev–Trinajstić information content (AvgIpc) is 1.77. The second kappa shape index (κ2) is 3.89. The fourth-order valence-electron chi connectivity index (χ4n) is 0.393. The van der Waals surface area contributed by atoms with Gasteiger partial charge in [0.15, 0.2) is 0 Å². The number of rotatable bonds is 1. The van der Waals surface area contributed by atoms with Gasteiger partial charge in [-0.05, 0) is 0 Å². The molecule has 13 heavy (non-hydrogen) atoms. The van der Waals surface area contributed by atoms with Crippen molar-refractivity contribution in [1.29, 1.82) is 0 Å². The van der Waals surface area contributed by atoms with Crippen LogP contribution >= 0.6 is 34.8 Å². The van der Waals surface area contributed by atoms with Crippen LogP contribution in [0.15, 0.2) is 11.8 Å². The molecule has 0 aromatic heterocycles. The quantitative estimate of drug-likeness (QED) is 0.412. The molecule has 0 rings (SSSR count). The van der Waals surface area contributed by atoms with Crippen LogP contribution in [0, 0.1) is 10.1 Å². The van der Waals surface area contributed by atoms with E-state index in [4.69, 9.17) is 34.8 Å². The molecule has 0 radical (unpaired) electrons. The van der Waals surface area contributed by atoms with Crippen LogP contribution in [0.5, 0.6) is 0 Å². The molecule has 9 heteroatoms. The van der Waals surface area contributed by atoms with Gasteiger partial charge in [0.2, 0.25) is 0 Å². The van der Waals surface area contributed by atoms with Crippen molar-refractivity contribution in [2.24, 2.45) is 0 Å². The second-order valence-corrected chi connectivity index (χ2v) is 4.11. The smallest absolute Gasteiger partial charge is 0.258 e. The Morgan fingerprint density at radius 2 is 1.69 bits per heavy atom. The molecular weight excluding hydrogens is 257 g/mol. The van der Waals surface area contributed by atoms with E-state index < -0.39 is 26.7 Å². The molecule has 0 N–H and O–H groups in total. The van der Waals surface area contributed by atoms with Crippen molar-refractivity contribution in [3.63, 3.8) is 0 Å². The maximum absolute atomic E-state index is 11.6. The Hall–Kier alpha value is -0.200. The van der Waals surface area contributed by atoms with Gasteiger partial charge in [-0.3, -0.25) is 10.1 Å². The Kier molecular flexibility index (Phi) is 3.83. The number of nitro groups is 1. The van der Waals surface area contributed by atoms with Crippen molar-refractivity contribution >= 4 is 34.8 Å². The van der Waals surface area contributed by atoms with Gasteiger partial charge < -0.3 is 0 Å². The molecule has 0 aromatic rings. The van der Waals surface area contributed by atoms with Gasteiger partial charge in [0, 0.05) is 0 Å².